The fraction of sp³-hybridized carbons (Fsp3) is 0.619. The van der Waals surface area contributed by atoms with Crippen molar-refractivity contribution in [1.82, 2.24) is 19.6 Å². The molecule has 2 heterocycles. The van der Waals surface area contributed by atoms with Gasteiger partial charge >= 0.3 is 17.8 Å². The molecule has 194 valence electrons. The molecule has 0 unspecified atom stereocenters. The second-order valence-electron chi connectivity index (χ2n) is 9.39. The average Bonchev–Trinajstić information content (AvgIpc) is 3.00. The lowest BCUT2D eigenvalue weighted by atomic mass is 9.88. The molecule has 11 nitrogen and oxygen atoms in total. The predicted molar refractivity (Wildman–Crippen MR) is 125 cm³/mol. The van der Waals surface area contributed by atoms with E-state index in [1.54, 1.807) is 27.7 Å². The normalized spacial score (nSPS) is 15.6. The molecule has 3 rings (SSSR count). The number of hydrogen-bond acceptors (Lipinski definition) is 7. The summed E-state index contributed by atoms with van der Waals surface area (Å²) in [4.78, 5) is 51.4. The molecule has 0 saturated heterocycles. The number of carbonyl (C=O) groups excluding carboxylic acids is 2. The smallest absolute Gasteiger partial charge is 0.426 e. The van der Waals surface area contributed by atoms with Gasteiger partial charge < -0.3 is 15.2 Å². The summed E-state index contributed by atoms with van der Waals surface area (Å²) in [6.45, 7) is 6.60. The van der Waals surface area contributed by atoms with E-state index in [9.17, 15) is 28.0 Å². The molecule has 35 heavy (non-hydrogen) atoms. The second kappa shape index (κ2) is 9.57. The number of halogens is 2. The number of thiophene rings is 1. The molecule has 0 aliphatic heterocycles. The summed E-state index contributed by atoms with van der Waals surface area (Å²) in [5.74, 6) is -2.92. The second-order valence-corrected chi connectivity index (χ2v) is 10.5. The van der Waals surface area contributed by atoms with Crippen LogP contribution in [0.3, 0.4) is 0 Å². The van der Waals surface area contributed by atoms with Gasteiger partial charge in [0.05, 0.1) is 31.1 Å². The quantitative estimate of drug-likeness (QED) is 0.565. The molecule has 0 spiro atoms. The standard InChI is InChI=1S/C21H29F2N5O6S/c1-11-13(10-27(17(24)30)25-18(31)34-20(2,3)4)35-16-14(11)15(29)28(12-8-21(22,23)9-12)19(32)26(16)6-7-33-5/h12H,6-10H2,1-5H3,(H2,24,30)(H,25,31). The molecular formula is C21H29F2N5O6S. The third-order valence-electron chi connectivity index (χ3n) is 5.49. The van der Waals surface area contributed by atoms with E-state index in [4.69, 9.17) is 15.2 Å². The number of aromatic nitrogens is 2. The van der Waals surface area contributed by atoms with Crippen LogP contribution in [0, 0.1) is 6.92 Å². The van der Waals surface area contributed by atoms with Crippen LogP contribution < -0.4 is 22.4 Å². The molecule has 0 radical (unpaired) electrons. The first-order valence-corrected chi connectivity index (χ1v) is 11.7. The highest BCUT2D eigenvalue weighted by Crippen LogP contribution is 2.44. The number of aryl methyl sites for hydroxylation is 1. The van der Waals surface area contributed by atoms with E-state index in [0.29, 0.717) is 15.3 Å². The molecule has 2 aromatic heterocycles. The van der Waals surface area contributed by atoms with Crippen LogP contribution >= 0.6 is 11.3 Å². The number of primary amides is 1. The Bertz CT molecular complexity index is 1250. The maximum atomic E-state index is 13.5. The van der Waals surface area contributed by atoms with E-state index in [-0.39, 0.29) is 25.1 Å². The molecule has 3 amide bonds. The largest absolute Gasteiger partial charge is 0.443 e. The number of nitrogens with zero attached hydrogens (tertiary/aromatic N) is 3. The van der Waals surface area contributed by atoms with Gasteiger partial charge in [-0.25, -0.2) is 33.6 Å². The molecular weight excluding hydrogens is 488 g/mol. The number of hydrogen-bond donors (Lipinski definition) is 2. The van der Waals surface area contributed by atoms with Gasteiger partial charge in [0, 0.05) is 24.8 Å². The van der Waals surface area contributed by atoms with Crippen LogP contribution in [0.5, 0.6) is 0 Å². The fourth-order valence-corrected chi connectivity index (χ4v) is 5.11. The van der Waals surface area contributed by atoms with Crippen molar-refractivity contribution >= 4 is 33.7 Å². The maximum absolute atomic E-state index is 13.5. The highest BCUT2D eigenvalue weighted by atomic mass is 32.1. The third-order valence-corrected chi connectivity index (χ3v) is 6.79. The van der Waals surface area contributed by atoms with E-state index in [0.717, 1.165) is 20.9 Å². The number of ether oxygens (including phenoxy) is 2. The summed E-state index contributed by atoms with van der Waals surface area (Å²) >= 11 is 1.07. The molecule has 2 aromatic rings. The summed E-state index contributed by atoms with van der Waals surface area (Å²) in [6.07, 6.45) is -2.09. The molecule has 3 N–H and O–H groups in total. The highest BCUT2D eigenvalue weighted by molar-refractivity contribution is 7.18. The fourth-order valence-electron chi connectivity index (χ4n) is 3.80. The van der Waals surface area contributed by atoms with Gasteiger partial charge in [0.15, 0.2) is 0 Å². The monoisotopic (exact) mass is 517 g/mol. The lowest BCUT2D eigenvalue weighted by Gasteiger charge is -2.35. The van der Waals surface area contributed by atoms with Crippen molar-refractivity contribution in [3.05, 3.63) is 31.3 Å². The Labute approximate surface area is 203 Å². The molecule has 1 fully saturated rings. The number of alkyl halides is 2. The van der Waals surface area contributed by atoms with Gasteiger partial charge in [-0.2, -0.15) is 0 Å². The number of carbonyl (C=O) groups is 2. The molecule has 14 heteroatoms. The van der Waals surface area contributed by atoms with Gasteiger partial charge in [-0.1, -0.05) is 0 Å². The summed E-state index contributed by atoms with van der Waals surface area (Å²) < 4.78 is 39.5. The van der Waals surface area contributed by atoms with Gasteiger partial charge in [0.2, 0.25) is 0 Å². The minimum Gasteiger partial charge on any atom is -0.443 e. The van der Waals surface area contributed by atoms with E-state index in [1.165, 1.54) is 11.7 Å². The maximum Gasteiger partial charge on any atom is 0.426 e. The van der Waals surface area contributed by atoms with Crippen LogP contribution in [0.1, 0.15) is 50.1 Å². The van der Waals surface area contributed by atoms with Gasteiger partial charge in [0.25, 0.3) is 11.5 Å². The molecule has 0 atom stereocenters. The van der Waals surface area contributed by atoms with E-state index in [2.05, 4.69) is 5.43 Å². The Kier molecular flexibility index (Phi) is 7.27. The summed E-state index contributed by atoms with van der Waals surface area (Å²) in [5.41, 5.74) is 5.94. The zero-order valence-electron chi connectivity index (χ0n) is 20.1. The van der Waals surface area contributed by atoms with Crippen LogP contribution in [0.15, 0.2) is 9.59 Å². The number of nitrogens with one attached hydrogen (secondary N) is 1. The molecule has 1 aliphatic rings. The number of nitrogens with two attached hydrogens (primary N) is 1. The Morgan fingerprint density at radius 3 is 2.43 bits per heavy atom. The SMILES string of the molecule is COCCn1c(=O)n(C2CC(F)(F)C2)c(=O)c2c(C)c(CN(NC(=O)OC(C)(C)C)C(N)=O)sc21. The minimum atomic E-state index is -2.92. The van der Waals surface area contributed by atoms with Gasteiger partial charge in [-0.3, -0.25) is 13.9 Å². The van der Waals surface area contributed by atoms with Crippen LogP contribution in [-0.4, -0.2) is 51.5 Å². The number of urea groups is 1. The van der Waals surface area contributed by atoms with Gasteiger partial charge in [0.1, 0.15) is 10.4 Å². The van der Waals surface area contributed by atoms with Crippen molar-refractivity contribution in [2.75, 3.05) is 13.7 Å². The van der Waals surface area contributed by atoms with E-state index >= 15 is 0 Å². The molecule has 0 bridgehead atoms. The Balaban J connectivity index is 2.06. The first kappa shape index (κ1) is 26.6. The average molecular weight is 518 g/mol. The number of methoxy groups -OCH3 is 1. The molecule has 1 saturated carbocycles. The summed E-state index contributed by atoms with van der Waals surface area (Å²) in [7, 11) is 1.45. The summed E-state index contributed by atoms with van der Waals surface area (Å²) in [5, 5.41) is 1.01. The minimum absolute atomic E-state index is 0.0876. The van der Waals surface area contributed by atoms with E-state index in [1.807, 2.05) is 0 Å². The highest BCUT2D eigenvalue weighted by Gasteiger charge is 2.47. The Hall–Kier alpha value is -3.00. The Morgan fingerprint density at radius 1 is 1.29 bits per heavy atom. The number of amides is 3. The predicted octanol–water partition coefficient (Wildman–Crippen LogP) is 2.47. The van der Waals surface area contributed by atoms with Crippen molar-refractivity contribution in [3.63, 3.8) is 0 Å². The van der Waals surface area contributed by atoms with Crippen LogP contribution in [0.25, 0.3) is 10.2 Å². The lowest BCUT2D eigenvalue weighted by Crippen LogP contribution is -2.49. The van der Waals surface area contributed by atoms with Crippen LogP contribution in [-0.2, 0) is 22.6 Å². The van der Waals surface area contributed by atoms with Crippen molar-refractivity contribution in [3.8, 4) is 0 Å². The van der Waals surface area contributed by atoms with Crippen molar-refractivity contribution in [2.45, 2.75) is 71.2 Å². The van der Waals surface area contributed by atoms with Crippen molar-refractivity contribution < 1.29 is 27.8 Å². The number of rotatable bonds is 6. The zero-order valence-corrected chi connectivity index (χ0v) is 21.0. The number of fused-ring (bicyclic) bond motifs is 1. The molecule has 1 aliphatic carbocycles. The number of hydrazine groups is 1. The van der Waals surface area contributed by atoms with Crippen LogP contribution in [0.4, 0.5) is 18.4 Å². The zero-order chi connectivity index (χ0) is 26.3. The lowest BCUT2D eigenvalue weighted by molar-refractivity contribution is -0.106. The van der Waals surface area contributed by atoms with E-state index < -0.39 is 53.8 Å². The first-order chi connectivity index (χ1) is 16.1. The summed E-state index contributed by atoms with van der Waals surface area (Å²) in [6, 6.07) is -1.89. The van der Waals surface area contributed by atoms with Gasteiger partial charge in [-0.05, 0) is 33.3 Å². The van der Waals surface area contributed by atoms with Crippen molar-refractivity contribution in [2.24, 2.45) is 5.73 Å². The third kappa shape index (κ3) is 5.64. The van der Waals surface area contributed by atoms with Gasteiger partial charge in [-0.15, -0.1) is 11.3 Å². The van der Waals surface area contributed by atoms with Crippen LogP contribution in [0.2, 0.25) is 0 Å². The van der Waals surface area contributed by atoms with Crippen molar-refractivity contribution in [1.29, 1.82) is 0 Å². The Morgan fingerprint density at radius 2 is 1.91 bits per heavy atom. The first-order valence-electron chi connectivity index (χ1n) is 10.9. The topological polar surface area (TPSA) is 138 Å². The molecule has 0 aromatic carbocycles.